The van der Waals surface area contributed by atoms with Crippen molar-refractivity contribution in [1.82, 2.24) is 4.57 Å². The van der Waals surface area contributed by atoms with Crippen LogP contribution in [-0.4, -0.2) is 4.57 Å². The van der Waals surface area contributed by atoms with E-state index >= 15 is 0 Å². The third kappa shape index (κ3) is 5.17. The first-order chi connectivity index (χ1) is 33.2. The number of thiophene rings is 1. The van der Waals surface area contributed by atoms with Gasteiger partial charge in [0.25, 0.3) is 0 Å². The van der Waals surface area contributed by atoms with E-state index in [4.69, 9.17) is 0 Å². The normalized spacial score (nSPS) is 14.9. The van der Waals surface area contributed by atoms with Crippen LogP contribution in [0.3, 0.4) is 0 Å². The van der Waals surface area contributed by atoms with Gasteiger partial charge in [0.15, 0.2) is 0 Å². The van der Waals surface area contributed by atoms with Crippen molar-refractivity contribution in [3.63, 3.8) is 0 Å². The average molecular weight is 887 g/mol. The molecule has 0 N–H and O–H groups in total. The van der Waals surface area contributed by atoms with Crippen LogP contribution in [0.5, 0.6) is 0 Å². The summed E-state index contributed by atoms with van der Waals surface area (Å²) in [6.07, 6.45) is 0. The summed E-state index contributed by atoms with van der Waals surface area (Å²) in [7, 11) is 0. The van der Waals surface area contributed by atoms with Gasteiger partial charge in [-0.1, -0.05) is 163 Å². The number of rotatable bonds is 4. The van der Waals surface area contributed by atoms with Gasteiger partial charge >= 0.3 is 0 Å². The summed E-state index contributed by atoms with van der Waals surface area (Å²) < 4.78 is 5.09. The third-order valence-corrected chi connectivity index (χ3v) is 16.9. The van der Waals surface area contributed by atoms with Crippen LogP contribution >= 0.6 is 23.1 Å². The lowest BCUT2D eigenvalue weighted by Crippen LogP contribution is -2.36. The molecule has 0 bridgehead atoms. The highest BCUT2D eigenvalue weighted by Crippen LogP contribution is 2.62. The monoisotopic (exact) mass is 886 g/mol. The lowest BCUT2D eigenvalue weighted by molar-refractivity contribution is 0.707. The molecule has 1 aliphatic heterocycles. The van der Waals surface area contributed by atoms with Gasteiger partial charge in [-0.3, -0.25) is 0 Å². The average Bonchev–Trinajstić information content (AvgIpc) is 3.93. The summed E-state index contributed by atoms with van der Waals surface area (Å²) in [5.41, 5.74) is 14.3. The van der Waals surface area contributed by atoms with Crippen molar-refractivity contribution in [2.75, 3.05) is 4.90 Å². The fourth-order valence-corrected chi connectivity index (χ4v) is 14.1. The minimum Gasteiger partial charge on any atom is -0.310 e. The lowest BCUT2D eigenvalue weighted by atomic mass is 9.59. The molecule has 2 aromatic heterocycles. The standard InChI is InChI=1S/C63H38N2S2/c1-2-18-44-39(14-1)15-13-27-55(44)64(41-30-33-57-49(36-41)46-20-4-8-26-56(46)65(57)42-31-34-59-50(37-42)47-21-5-9-28-58(47)66-59)43-32-35-61-54(38-43)63(52-24-7-10-29-60(52)67-61)51-23-6-3-19-45(51)48-22-11-16-40-17-12-25-53(63)62(40)48/h1-38H. The third-order valence-electron chi connectivity index (χ3n) is 14.6. The van der Waals surface area contributed by atoms with Crippen molar-refractivity contribution in [2.45, 2.75) is 15.2 Å². The predicted molar refractivity (Wildman–Crippen MR) is 285 cm³/mol. The highest BCUT2D eigenvalue weighted by Gasteiger charge is 2.48. The number of hydrogen-bond donors (Lipinski definition) is 0. The van der Waals surface area contributed by atoms with Gasteiger partial charge in [0.1, 0.15) is 0 Å². The van der Waals surface area contributed by atoms with Crippen LogP contribution in [0.2, 0.25) is 0 Å². The molecule has 3 heterocycles. The van der Waals surface area contributed by atoms with Crippen molar-refractivity contribution < 1.29 is 0 Å². The van der Waals surface area contributed by atoms with Crippen LogP contribution in [0.1, 0.15) is 22.3 Å². The minimum atomic E-state index is -0.561. The second-order valence-corrected chi connectivity index (χ2v) is 20.1. The molecule has 1 aliphatic carbocycles. The summed E-state index contributed by atoms with van der Waals surface area (Å²) >= 11 is 3.76. The van der Waals surface area contributed by atoms with Crippen LogP contribution in [-0.2, 0) is 5.41 Å². The number of benzene rings is 11. The van der Waals surface area contributed by atoms with E-state index in [2.05, 4.69) is 240 Å². The molecular formula is C63H38N2S2. The highest BCUT2D eigenvalue weighted by molar-refractivity contribution is 7.99. The zero-order valence-corrected chi connectivity index (χ0v) is 37.8. The molecule has 2 nitrogen and oxygen atoms in total. The van der Waals surface area contributed by atoms with Crippen LogP contribution < -0.4 is 4.90 Å². The van der Waals surface area contributed by atoms with Crippen LogP contribution in [0.15, 0.2) is 240 Å². The molecule has 0 saturated carbocycles. The molecule has 312 valence electrons. The van der Waals surface area contributed by atoms with Crippen molar-refractivity contribution in [2.24, 2.45) is 0 Å². The van der Waals surface area contributed by atoms with E-state index in [9.17, 15) is 0 Å². The Morgan fingerprint density at radius 2 is 1.01 bits per heavy atom. The SMILES string of the molecule is c1ccc2c(c1)Sc1ccc(N(c3ccc4c(c3)c3ccccc3n4-c3ccc4sc5ccccc5c4c3)c3cccc4ccccc34)cc1C21c2ccccc2-c2cccc3cccc1c23. The van der Waals surface area contributed by atoms with Crippen LogP contribution in [0, 0.1) is 0 Å². The molecule has 0 fully saturated rings. The minimum absolute atomic E-state index is 0.561. The van der Waals surface area contributed by atoms with E-state index in [-0.39, 0.29) is 0 Å². The molecule has 4 heteroatoms. The highest BCUT2D eigenvalue weighted by atomic mass is 32.2. The van der Waals surface area contributed by atoms with E-state index in [0.29, 0.717) is 0 Å². The molecule has 15 rings (SSSR count). The summed E-state index contributed by atoms with van der Waals surface area (Å²) in [5, 5.41) is 10.1. The number of para-hydroxylation sites is 1. The Kier molecular flexibility index (Phi) is 7.84. The second kappa shape index (κ2) is 14.1. The topological polar surface area (TPSA) is 8.17 Å². The molecule has 1 unspecified atom stereocenters. The van der Waals surface area contributed by atoms with E-state index in [1.807, 2.05) is 23.1 Å². The number of aromatic nitrogens is 1. The summed E-state index contributed by atoms with van der Waals surface area (Å²) in [4.78, 5) is 5.09. The van der Waals surface area contributed by atoms with Gasteiger partial charge in [0, 0.05) is 63.2 Å². The summed E-state index contributed by atoms with van der Waals surface area (Å²) in [5.74, 6) is 0. The van der Waals surface area contributed by atoms with E-state index < -0.39 is 5.41 Å². The van der Waals surface area contributed by atoms with Crippen LogP contribution in [0.4, 0.5) is 17.1 Å². The zero-order chi connectivity index (χ0) is 43.8. The van der Waals surface area contributed by atoms with E-state index in [1.54, 1.807) is 0 Å². The molecule has 13 aromatic rings. The summed E-state index contributed by atoms with van der Waals surface area (Å²) in [6, 6.07) is 86.6. The molecule has 0 radical (unpaired) electrons. The Morgan fingerprint density at radius 1 is 0.373 bits per heavy atom. The molecule has 67 heavy (non-hydrogen) atoms. The molecule has 1 atom stereocenters. The van der Waals surface area contributed by atoms with Crippen molar-refractivity contribution in [3.05, 3.63) is 253 Å². The molecular weight excluding hydrogens is 849 g/mol. The van der Waals surface area contributed by atoms with Gasteiger partial charge in [0.2, 0.25) is 0 Å². The van der Waals surface area contributed by atoms with Crippen molar-refractivity contribution in [3.8, 4) is 16.8 Å². The lowest BCUT2D eigenvalue weighted by Gasteiger charge is -2.46. The number of fused-ring (bicyclic) bond motifs is 15. The van der Waals surface area contributed by atoms with Crippen molar-refractivity contribution in [1.29, 1.82) is 0 Å². The maximum Gasteiger partial charge on any atom is 0.0736 e. The van der Waals surface area contributed by atoms with Gasteiger partial charge in [0.05, 0.1) is 22.1 Å². The van der Waals surface area contributed by atoms with Gasteiger partial charge in [-0.2, -0.15) is 0 Å². The Morgan fingerprint density at radius 3 is 1.96 bits per heavy atom. The Balaban J connectivity index is 1.00. The summed E-state index contributed by atoms with van der Waals surface area (Å²) in [6.45, 7) is 0. The Hall–Kier alpha value is -7.89. The maximum absolute atomic E-state index is 2.53. The van der Waals surface area contributed by atoms with E-state index in [1.165, 1.54) is 112 Å². The number of hydrogen-bond acceptors (Lipinski definition) is 3. The maximum atomic E-state index is 2.53. The fourth-order valence-electron chi connectivity index (χ4n) is 11.9. The molecule has 11 aromatic carbocycles. The number of anilines is 3. The quantitative estimate of drug-likeness (QED) is 0.174. The van der Waals surface area contributed by atoms with Crippen LogP contribution in [0.25, 0.3) is 80.3 Å². The van der Waals surface area contributed by atoms with Gasteiger partial charge in [-0.15, -0.1) is 11.3 Å². The first-order valence-corrected chi connectivity index (χ1v) is 24.6. The molecule has 0 amide bonds. The Labute approximate surface area is 395 Å². The molecule has 2 aliphatic rings. The van der Waals surface area contributed by atoms with Gasteiger partial charge in [-0.05, 0) is 128 Å². The van der Waals surface area contributed by atoms with Crippen molar-refractivity contribution >= 4 is 104 Å². The predicted octanol–water partition coefficient (Wildman–Crippen LogP) is 17.8. The Bertz CT molecular complexity index is 4220. The van der Waals surface area contributed by atoms with Gasteiger partial charge in [-0.25, -0.2) is 0 Å². The molecule has 0 saturated heterocycles. The van der Waals surface area contributed by atoms with Gasteiger partial charge < -0.3 is 9.47 Å². The number of nitrogens with zero attached hydrogens (tertiary/aromatic N) is 2. The van der Waals surface area contributed by atoms with E-state index in [0.717, 1.165) is 17.1 Å². The first kappa shape index (κ1) is 37.3. The zero-order valence-electron chi connectivity index (χ0n) is 36.2. The fraction of sp³-hybridized carbons (Fsp3) is 0.0159. The molecule has 1 spiro atoms. The second-order valence-electron chi connectivity index (χ2n) is 17.9. The largest absolute Gasteiger partial charge is 0.310 e. The first-order valence-electron chi connectivity index (χ1n) is 23.0. The smallest absolute Gasteiger partial charge is 0.0736 e.